The number of carbonyl (C=O) groups excluding carboxylic acids is 2. The fraction of sp³-hybridized carbons (Fsp3) is 0.222. The van der Waals surface area contributed by atoms with E-state index in [1.807, 2.05) is 68.3 Å². The predicted octanol–water partition coefficient (Wildman–Crippen LogP) is 1.33. The van der Waals surface area contributed by atoms with Crippen molar-refractivity contribution in [1.82, 2.24) is 0 Å². The fourth-order valence-corrected chi connectivity index (χ4v) is 2.68. The monoisotopic (exact) mass is 326 g/mol. The third-order valence-electron chi connectivity index (χ3n) is 3.82. The van der Waals surface area contributed by atoms with Crippen LogP contribution in [0.25, 0.3) is 16.8 Å². The minimum atomic E-state index is -0.837. The molecule has 0 bridgehead atoms. The fourth-order valence-electron chi connectivity index (χ4n) is 2.68. The van der Waals surface area contributed by atoms with Crippen molar-refractivity contribution in [3.05, 3.63) is 41.5 Å². The Morgan fingerprint density at radius 1 is 0.875 bits per heavy atom. The zero-order valence-electron chi connectivity index (χ0n) is 14.3. The molecule has 2 rings (SSSR count). The molecular weight excluding hydrogens is 304 g/mol. The molecule has 0 aliphatic rings. The molecule has 126 valence electrons. The van der Waals surface area contributed by atoms with Gasteiger partial charge in [0.2, 0.25) is 0 Å². The van der Waals surface area contributed by atoms with Crippen LogP contribution in [0.15, 0.2) is 35.9 Å². The second kappa shape index (κ2) is 6.62. The van der Waals surface area contributed by atoms with Crippen molar-refractivity contribution in [2.75, 3.05) is 38.0 Å². The molecular formula is C18H22N4O2. The smallest absolute Gasteiger partial charge is 0.254 e. The number of hydrogen-bond acceptors (Lipinski definition) is 4. The van der Waals surface area contributed by atoms with E-state index in [0.717, 1.165) is 22.1 Å². The lowest BCUT2D eigenvalue weighted by molar-refractivity contribution is -0.120. The summed E-state index contributed by atoms with van der Waals surface area (Å²) >= 11 is 0. The molecule has 2 aromatic rings. The molecule has 0 fully saturated rings. The van der Waals surface area contributed by atoms with Crippen LogP contribution in [0.3, 0.4) is 0 Å². The SMILES string of the molecule is CN(C)c1cccc2c(C=C(C(N)=O)C(N)=O)ccc(N(C)C)c12. The van der Waals surface area contributed by atoms with E-state index < -0.39 is 11.8 Å². The topological polar surface area (TPSA) is 92.7 Å². The van der Waals surface area contributed by atoms with Crippen molar-refractivity contribution >= 4 is 40.0 Å². The quantitative estimate of drug-likeness (QED) is 0.492. The lowest BCUT2D eigenvalue weighted by Gasteiger charge is -2.22. The Bertz CT molecular complexity index is 808. The first-order chi connectivity index (χ1) is 11.2. The van der Waals surface area contributed by atoms with E-state index in [1.54, 1.807) is 0 Å². The molecule has 24 heavy (non-hydrogen) atoms. The van der Waals surface area contributed by atoms with E-state index in [4.69, 9.17) is 11.5 Å². The standard InChI is InChI=1S/C18H22N4O2/c1-21(2)14-7-5-6-12-11(10-13(17(19)23)18(20)24)8-9-15(16(12)14)22(3)4/h5-10H,1-4H3,(H2,19,23)(H2,20,24). The van der Waals surface area contributed by atoms with Crippen LogP contribution >= 0.6 is 0 Å². The molecule has 6 heteroatoms. The first kappa shape index (κ1) is 17.3. The van der Waals surface area contributed by atoms with Crippen LogP contribution in [0.1, 0.15) is 5.56 Å². The van der Waals surface area contributed by atoms with Crippen LogP contribution in [-0.4, -0.2) is 40.0 Å². The number of fused-ring (bicyclic) bond motifs is 1. The molecule has 0 radical (unpaired) electrons. The number of amides is 2. The van der Waals surface area contributed by atoms with Crippen molar-refractivity contribution < 1.29 is 9.59 Å². The highest BCUT2D eigenvalue weighted by Crippen LogP contribution is 2.36. The number of nitrogens with two attached hydrogens (primary N) is 2. The molecule has 0 spiro atoms. The third-order valence-corrected chi connectivity index (χ3v) is 3.82. The van der Waals surface area contributed by atoms with Crippen LogP contribution in [0.5, 0.6) is 0 Å². The Hall–Kier alpha value is -3.02. The first-order valence-corrected chi connectivity index (χ1v) is 7.45. The summed E-state index contributed by atoms with van der Waals surface area (Å²) in [7, 11) is 7.87. The highest BCUT2D eigenvalue weighted by atomic mass is 16.2. The number of nitrogens with zero attached hydrogens (tertiary/aromatic N) is 2. The lowest BCUT2D eigenvalue weighted by atomic mass is 9.98. The molecule has 4 N–H and O–H groups in total. The summed E-state index contributed by atoms with van der Waals surface area (Å²) in [5, 5.41) is 1.93. The number of hydrogen-bond donors (Lipinski definition) is 2. The minimum absolute atomic E-state index is 0.218. The maximum atomic E-state index is 11.5. The Morgan fingerprint density at radius 3 is 1.92 bits per heavy atom. The maximum Gasteiger partial charge on any atom is 0.254 e. The van der Waals surface area contributed by atoms with Gasteiger partial charge in [-0.15, -0.1) is 0 Å². The van der Waals surface area contributed by atoms with Gasteiger partial charge in [-0.2, -0.15) is 0 Å². The zero-order valence-corrected chi connectivity index (χ0v) is 14.3. The normalized spacial score (nSPS) is 10.3. The molecule has 0 aromatic heterocycles. The van der Waals surface area contributed by atoms with Crippen molar-refractivity contribution in [3.63, 3.8) is 0 Å². The summed E-state index contributed by atoms with van der Waals surface area (Å²) in [6.45, 7) is 0. The summed E-state index contributed by atoms with van der Waals surface area (Å²) in [6, 6.07) is 9.69. The van der Waals surface area contributed by atoms with Gasteiger partial charge in [0.1, 0.15) is 5.57 Å². The molecule has 0 unspecified atom stereocenters. The van der Waals surface area contributed by atoms with E-state index in [1.165, 1.54) is 6.08 Å². The van der Waals surface area contributed by atoms with Crippen molar-refractivity contribution in [1.29, 1.82) is 0 Å². The van der Waals surface area contributed by atoms with Gasteiger partial charge in [0.15, 0.2) is 0 Å². The van der Waals surface area contributed by atoms with E-state index in [-0.39, 0.29) is 5.57 Å². The summed E-state index contributed by atoms with van der Waals surface area (Å²) in [5.74, 6) is -1.67. The summed E-state index contributed by atoms with van der Waals surface area (Å²) in [4.78, 5) is 27.0. The summed E-state index contributed by atoms with van der Waals surface area (Å²) < 4.78 is 0. The zero-order chi connectivity index (χ0) is 18.0. The molecule has 2 amide bonds. The van der Waals surface area contributed by atoms with Gasteiger partial charge >= 0.3 is 0 Å². The highest BCUT2D eigenvalue weighted by Gasteiger charge is 2.15. The van der Waals surface area contributed by atoms with Crippen molar-refractivity contribution in [2.45, 2.75) is 0 Å². The number of benzene rings is 2. The molecule has 0 heterocycles. The Kier molecular flexibility index (Phi) is 4.78. The second-order valence-electron chi connectivity index (χ2n) is 5.95. The van der Waals surface area contributed by atoms with E-state index in [2.05, 4.69) is 0 Å². The number of anilines is 2. The molecule has 0 saturated heterocycles. The van der Waals surface area contributed by atoms with Crippen LogP contribution in [0.4, 0.5) is 11.4 Å². The first-order valence-electron chi connectivity index (χ1n) is 7.45. The average Bonchev–Trinajstić information content (AvgIpc) is 2.50. The number of carbonyl (C=O) groups is 2. The Morgan fingerprint density at radius 2 is 1.42 bits per heavy atom. The predicted molar refractivity (Wildman–Crippen MR) is 99.0 cm³/mol. The summed E-state index contributed by atoms with van der Waals surface area (Å²) in [6.07, 6.45) is 1.45. The van der Waals surface area contributed by atoms with Crippen LogP contribution in [-0.2, 0) is 9.59 Å². The average molecular weight is 326 g/mol. The number of rotatable bonds is 5. The Labute approximate surface area is 141 Å². The van der Waals surface area contributed by atoms with Gasteiger partial charge in [-0.25, -0.2) is 0 Å². The van der Waals surface area contributed by atoms with Gasteiger partial charge in [-0.05, 0) is 29.2 Å². The van der Waals surface area contributed by atoms with Gasteiger partial charge in [0.05, 0.1) is 0 Å². The minimum Gasteiger partial charge on any atom is -0.377 e. The van der Waals surface area contributed by atoms with E-state index in [9.17, 15) is 9.59 Å². The van der Waals surface area contributed by atoms with Gasteiger partial charge < -0.3 is 21.3 Å². The van der Waals surface area contributed by atoms with Crippen molar-refractivity contribution in [2.24, 2.45) is 11.5 Å². The molecule has 2 aromatic carbocycles. The van der Waals surface area contributed by atoms with Gasteiger partial charge in [-0.3, -0.25) is 9.59 Å². The molecule has 6 nitrogen and oxygen atoms in total. The van der Waals surface area contributed by atoms with Gasteiger partial charge in [0, 0.05) is 45.0 Å². The van der Waals surface area contributed by atoms with Crippen molar-refractivity contribution in [3.8, 4) is 0 Å². The molecule has 0 aliphatic carbocycles. The number of primary amides is 2. The largest absolute Gasteiger partial charge is 0.377 e. The molecule has 0 aliphatic heterocycles. The van der Waals surface area contributed by atoms with Gasteiger partial charge in [-0.1, -0.05) is 18.2 Å². The van der Waals surface area contributed by atoms with Crippen LogP contribution in [0, 0.1) is 0 Å². The van der Waals surface area contributed by atoms with Crippen LogP contribution in [0.2, 0.25) is 0 Å². The molecule has 0 saturated carbocycles. The van der Waals surface area contributed by atoms with Crippen LogP contribution < -0.4 is 21.3 Å². The van der Waals surface area contributed by atoms with E-state index in [0.29, 0.717) is 5.56 Å². The Balaban J connectivity index is 2.86. The highest BCUT2D eigenvalue weighted by molar-refractivity contribution is 6.21. The van der Waals surface area contributed by atoms with Gasteiger partial charge in [0.25, 0.3) is 11.8 Å². The lowest BCUT2D eigenvalue weighted by Crippen LogP contribution is -2.25. The maximum absolute atomic E-state index is 11.5. The third kappa shape index (κ3) is 3.17. The molecule has 0 atom stereocenters. The van der Waals surface area contributed by atoms with E-state index >= 15 is 0 Å². The second-order valence-corrected chi connectivity index (χ2v) is 5.95. The summed E-state index contributed by atoms with van der Waals surface area (Å²) in [5.41, 5.74) is 13.1.